The number of ketones is 2. The van der Waals surface area contributed by atoms with Crippen LogP contribution in [0.4, 0.5) is 5.69 Å². The summed E-state index contributed by atoms with van der Waals surface area (Å²) in [5.41, 5.74) is 4.20. The van der Waals surface area contributed by atoms with Gasteiger partial charge in [0.25, 0.3) is 11.8 Å². The van der Waals surface area contributed by atoms with Crippen molar-refractivity contribution in [3.8, 4) is 0 Å². The van der Waals surface area contributed by atoms with Crippen molar-refractivity contribution in [2.24, 2.45) is 5.41 Å². The van der Waals surface area contributed by atoms with Crippen molar-refractivity contribution in [3.05, 3.63) is 64.7 Å². The Morgan fingerprint density at radius 1 is 0.917 bits per heavy atom. The molecule has 2 aliphatic carbocycles. The number of fused-ring (bicyclic) bond motifs is 1. The molecule has 2 aromatic rings. The van der Waals surface area contributed by atoms with Gasteiger partial charge in [-0.05, 0) is 60.9 Å². The predicted octanol–water partition coefficient (Wildman–Crippen LogP) is 3.96. The molecule has 2 aromatic carbocycles. The van der Waals surface area contributed by atoms with E-state index in [2.05, 4.69) is 34.5 Å². The van der Waals surface area contributed by atoms with Gasteiger partial charge < -0.3 is 5.32 Å². The number of carbonyl (C=O) groups is 4. The average molecular weight is 486 g/mol. The van der Waals surface area contributed by atoms with Crippen molar-refractivity contribution in [2.45, 2.75) is 64.1 Å². The molecule has 4 aliphatic rings. The number of hydrogen-bond acceptors (Lipinski definition) is 6. The molecule has 0 bridgehead atoms. The van der Waals surface area contributed by atoms with Crippen molar-refractivity contribution in [2.75, 3.05) is 18.4 Å². The largest absolute Gasteiger partial charge is 0.380 e. The third kappa shape index (κ3) is 4.05. The average Bonchev–Trinajstić information content (AvgIpc) is 3.39. The summed E-state index contributed by atoms with van der Waals surface area (Å²) in [7, 11) is 0. The summed E-state index contributed by atoms with van der Waals surface area (Å²) in [6, 6.07) is 12.9. The molecule has 7 heteroatoms. The van der Waals surface area contributed by atoms with Gasteiger partial charge in [-0.2, -0.15) is 0 Å². The van der Waals surface area contributed by atoms with E-state index in [1.54, 1.807) is 18.2 Å². The summed E-state index contributed by atoms with van der Waals surface area (Å²) in [5.74, 6) is -1.41. The van der Waals surface area contributed by atoms with Crippen LogP contribution in [0.2, 0.25) is 0 Å². The predicted molar refractivity (Wildman–Crippen MR) is 135 cm³/mol. The molecule has 2 amide bonds. The number of imide groups is 1. The molecule has 1 spiro atoms. The monoisotopic (exact) mass is 485 g/mol. The van der Waals surface area contributed by atoms with Gasteiger partial charge in [-0.25, -0.2) is 0 Å². The van der Waals surface area contributed by atoms with Gasteiger partial charge in [0, 0.05) is 31.7 Å². The molecule has 1 atom stereocenters. The van der Waals surface area contributed by atoms with Gasteiger partial charge in [0.2, 0.25) is 0 Å². The lowest BCUT2D eigenvalue weighted by atomic mass is 9.68. The highest BCUT2D eigenvalue weighted by molar-refractivity contribution is 6.25. The summed E-state index contributed by atoms with van der Waals surface area (Å²) < 4.78 is 0. The zero-order chi connectivity index (χ0) is 24.9. The van der Waals surface area contributed by atoms with Crippen molar-refractivity contribution in [1.29, 1.82) is 0 Å². The molecule has 2 heterocycles. The number of Topliss-reactive ketones (excluding diaryl/α,β-unsaturated/α-hetero) is 2. The van der Waals surface area contributed by atoms with Crippen molar-refractivity contribution in [3.63, 3.8) is 0 Å². The van der Waals surface area contributed by atoms with Crippen LogP contribution in [0.5, 0.6) is 0 Å². The van der Waals surface area contributed by atoms with E-state index in [9.17, 15) is 19.2 Å². The minimum absolute atomic E-state index is 0.135. The van der Waals surface area contributed by atoms with E-state index in [1.165, 1.54) is 44.3 Å². The lowest BCUT2D eigenvalue weighted by Gasteiger charge is -2.38. The number of rotatable bonds is 6. The number of nitrogens with one attached hydrogen (secondary N) is 1. The van der Waals surface area contributed by atoms with Crippen LogP contribution in [-0.2, 0) is 22.7 Å². The van der Waals surface area contributed by atoms with Crippen LogP contribution in [0.15, 0.2) is 42.5 Å². The maximum atomic E-state index is 13.3. The van der Waals surface area contributed by atoms with Gasteiger partial charge in [0.05, 0.1) is 23.6 Å². The number of carbonyl (C=O) groups excluding carboxylic acids is 4. The molecule has 2 saturated carbocycles. The van der Waals surface area contributed by atoms with E-state index >= 15 is 0 Å². The first kappa shape index (κ1) is 23.1. The van der Waals surface area contributed by atoms with Gasteiger partial charge in [0.15, 0.2) is 5.78 Å². The zero-order valence-electron chi connectivity index (χ0n) is 20.4. The minimum Gasteiger partial charge on any atom is -0.380 e. The highest BCUT2D eigenvalue weighted by Gasteiger charge is 2.45. The maximum Gasteiger partial charge on any atom is 0.264 e. The molecule has 0 aromatic heterocycles. The molecule has 3 fully saturated rings. The Labute approximate surface area is 210 Å². The van der Waals surface area contributed by atoms with Crippen LogP contribution in [0, 0.1) is 5.41 Å². The second-order valence-corrected chi connectivity index (χ2v) is 10.9. The Kier molecular flexibility index (Phi) is 5.75. The minimum atomic E-state index is -0.856. The maximum absolute atomic E-state index is 13.3. The molecule has 1 unspecified atom stereocenters. The van der Waals surface area contributed by atoms with Crippen LogP contribution in [0.25, 0.3) is 0 Å². The molecule has 6 rings (SSSR count). The molecule has 7 nitrogen and oxygen atoms in total. The highest BCUT2D eigenvalue weighted by atomic mass is 16.2. The second kappa shape index (κ2) is 8.96. The molecule has 1 N–H and O–H groups in total. The van der Waals surface area contributed by atoms with E-state index in [0.29, 0.717) is 28.8 Å². The van der Waals surface area contributed by atoms with Crippen LogP contribution >= 0.6 is 0 Å². The zero-order valence-corrected chi connectivity index (χ0v) is 20.4. The Morgan fingerprint density at radius 3 is 2.39 bits per heavy atom. The van der Waals surface area contributed by atoms with Gasteiger partial charge in [-0.3, -0.25) is 29.0 Å². The normalized spacial score (nSPS) is 23.3. The molecule has 1 saturated heterocycles. The molecule has 186 valence electrons. The van der Waals surface area contributed by atoms with Crippen LogP contribution in [-0.4, -0.2) is 52.3 Å². The SMILES string of the molecule is O=C1CCC(N2C(=O)c3cccc(NCc4ccc(CN5CCC6(CCC6)C5)cc4)c3C2=O)C(=O)C1. The number of amides is 2. The standard InChI is InChI=1S/C29H31N3O4/c33-21-9-10-24(25(34)15-21)32-27(35)22-3-1-4-23(26(22)28(32)36)30-16-19-5-7-20(8-6-19)17-31-14-13-29(18-31)11-2-12-29/h1,3-8,24,30H,2,9-18H2. The van der Waals surface area contributed by atoms with Crippen molar-refractivity contribution >= 4 is 29.1 Å². The Hall–Kier alpha value is -3.32. The Balaban J connectivity index is 1.11. The van der Waals surface area contributed by atoms with Gasteiger partial charge in [0.1, 0.15) is 5.78 Å². The number of benzene rings is 2. The quantitative estimate of drug-likeness (QED) is 0.492. The summed E-state index contributed by atoms with van der Waals surface area (Å²) in [5, 5.41) is 3.32. The number of nitrogens with zero attached hydrogens (tertiary/aromatic N) is 2. The Bertz CT molecular complexity index is 1250. The first-order chi connectivity index (χ1) is 17.4. The van der Waals surface area contributed by atoms with E-state index in [-0.39, 0.29) is 30.8 Å². The van der Waals surface area contributed by atoms with Gasteiger partial charge >= 0.3 is 0 Å². The first-order valence-corrected chi connectivity index (χ1v) is 13.0. The number of likely N-dealkylation sites (tertiary alicyclic amines) is 1. The van der Waals surface area contributed by atoms with Gasteiger partial charge in [-0.1, -0.05) is 36.8 Å². The van der Waals surface area contributed by atoms with Crippen LogP contribution in [0.1, 0.15) is 76.8 Å². The fourth-order valence-corrected chi connectivity index (χ4v) is 6.33. The molecular formula is C29H31N3O4. The third-order valence-electron chi connectivity index (χ3n) is 8.54. The van der Waals surface area contributed by atoms with Crippen molar-refractivity contribution in [1.82, 2.24) is 9.80 Å². The summed E-state index contributed by atoms with van der Waals surface area (Å²) >= 11 is 0. The fraction of sp³-hybridized carbons (Fsp3) is 0.448. The van der Waals surface area contributed by atoms with E-state index < -0.39 is 17.9 Å². The smallest absolute Gasteiger partial charge is 0.264 e. The first-order valence-electron chi connectivity index (χ1n) is 13.0. The second-order valence-electron chi connectivity index (χ2n) is 10.9. The van der Waals surface area contributed by atoms with E-state index in [1.807, 2.05) is 0 Å². The van der Waals surface area contributed by atoms with Crippen LogP contribution < -0.4 is 5.32 Å². The number of hydrogen-bond donors (Lipinski definition) is 1. The Morgan fingerprint density at radius 2 is 1.69 bits per heavy atom. The summed E-state index contributed by atoms with van der Waals surface area (Å²) in [6.07, 6.45) is 5.71. The van der Waals surface area contributed by atoms with Crippen molar-refractivity contribution < 1.29 is 19.2 Å². The highest BCUT2D eigenvalue weighted by Crippen LogP contribution is 2.48. The lowest BCUT2D eigenvalue weighted by molar-refractivity contribution is -0.132. The van der Waals surface area contributed by atoms with E-state index in [4.69, 9.17) is 0 Å². The lowest BCUT2D eigenvalue weighted by Crippen LogP contribution is -2.47. The van der Waals surface area contributed by atoms with E-state index in [0.717, 1.165) is 17.0 Å². The van der Waals surface area contributed by atoms with Crippen LogP contribution in [0.3, 0.4) is 0 Å². The molecule has 2 aliphatic heterocycles. The topological polar surface area (TPSA) is 86.8 Å². The summed E-state index contributed by atoms with van der Waals surface area (Å²) in [4.78, 5) is 54.0. The molecular weight excluding hydrogens is 454 g/mol. The van der Waals surface area contributed by atoms with Gasteiger partial charge in [-0.15, -0.1) is 0 Å². The fourth-order valence-electron chi connectivity index (χ4n) is 6.33. The molecule has 0 radical (unpaired) electrons. The molecule has 36 heavy (non-hydrogen) atoms. The number of anilines is 1. The third-order valence-corrected chi connectivity index (χ3v) is 8.54. The summed E-state index contributed by atoms with van der Waals surface area (Å²) in [6.45, 7) is 3.92.